The van der Waals surface area contributed by atoms with Crippen LogP contribution < -0.4 is 5.46 Å². The molecule has 0 saturated carbocycles. The van der Waals surface area contributed by atoms with Crippen LogP contribution in [-0.4, -0.2) is 32.5 Å². The molecule has 0 aliphatic rings. The summed E-state index contributed by atoms with van der Waals surface area (Å²) < 4.78 is 62.8. The fourth-order valence-electron chi connectivity index (χ4n) is 2.79. The standard InChI is InChI=1S/C18H14O2.C6H7BO3.C6H4Br2/c19-17-9-5-15(6-10-17)13-1-2-14(4-3-13)16-7-11-18(20)12-8-16;8-6-3-1-5(2-4-6)7(9)10;7-5-1-2-6(8)4-3-5/h1-12,19-20H;1-4,8-10H;1-4H/i1D,2D,3D,4D;;1D,2D,3D,4D. The molecule has 5 nitrogen and oxygen atoms in total. The van der Waals surface area contributed by atoms with Crippen molar-refractivity contribution in [3.05, 3.63) is 130 Å². The summed E-state index contributed by atoms with van der Waals surface area (Å²) in [6.07, 6.45) is 0. The molecule has 0 atom stereocenters. The lowest BCUT2D eigenvalue weighted by molar-refractivity contribution is 0.425. The van der Waals surface area contributed by atoms with Gasteiger partial charge in [-0.15, -0.1) is 0 Å². The van der Waals surface area contributed by atoms with Gasteiger partial charge < -0.3 is 25.4 Å². The Labute approximate surface area is 250 Å². The molecule has 0 aliphatic heterocycles. The van der Waals surface area contributed by atoms with Crippen molar-refractivity contribution < 1.29 is 36.3 Å². The van der Waals surface area contributed by atoms with Gasteiger partial charge in [0.05, 0.1) is 11.0 Å². The van der Waals surface area contributed by atoms with E-state index in [1.807, 2.05) is 0 Å². The van der Waals surface area contributed by atoms with Gasteiger partial charge in [0, 0.05) is 8.95 Å². The number of benzene rings is 5. The summed E-state index contributed by atoms with van der Waals surface area (Å²) in [5.41, 5.74) is 1.75. The fraction of sp³-hybridized carbons (Fsp3) is 0. The van der Waals surface area contributed by atoms with Crippen molar-refractivity contribution in [3.63, 3.8) is 0 Å². The summed E-state index contributed by atoms with van der Waals surface area (Å²) in [6.45, 7) is 0. The SMILES string of the molecule is OB(O)c1ccc(O)cc1.[2H]c1c([2H])c(-c2ccc(O)cc2)c([2H])c([2H])c1-c1ccc(O)cc1.[2H]c1c([2H])c(Br)c([2H])c([2H])c1Br. The maximum absolute atomic E-state index is 9.38. The van der Waals surface area contributed by atoms with Crippen LogP contribution in [0.15, 0.2) is 130 Å². The molecule has 0 heterocycles. The van der Waals surface area contributed by atoms with Crippen molar-refractivity contribution in [1.82, 2.24) is 0 Å². The number of phenols is 3. The number of phenolic OH excluding ortho intramolecular Hbond substituents is 3. The molecule has 38 heavy (non-hydrogen) atoms. The van der Waals surface area contributed by atoms with Gasteiger partial charge in [-0.3, -0.25) is 0 Å². The normalized spacial score (nSPS) is 12.8. The van der Waals surface area contributed by atoms with Crippen LogP contribution in [0.2, 0.25) is 0 Å². The van der Waals surface area contributed by atoms with Gasteiger partial charge in [-0.05, 0) is 88.3 Å². The summed E-state index contributed by atoms with van der Waals surface area (Å²) in [5, 5.41) is 44.7. The molecule has 0 aliphatic carbocycles. The van der Waals surface area contributed by atoms with E-state index in [2.05, 4.69) is 31.9 Å². The molecule has 8 heteroatoms. The van der Waals surface area contributed by atoms with Crippen LogP contribution in [0.4, 0.5) is 0 Å². The molecule has 0 aromatic heterocycles. The summed E-state index contributed by atoms with van der Waals surface area (Å²) >= 11 is 5.96. The molecule has 0 fully saturated rings. The molecule has 0 bridgehead atoms. The highest BCUT2D eigenvalue weighted by molar-refractivity contribution is 9.11. The Morgan fingerprint density at radius 1 is 0.447 bits per heavy atom. The lowest BCUT2D eigenvalue weighted by atomic mass is 9.80. The Hall–Kier alpha value is -3.56. The van der Waals surface area contributed by atoms with Crippen molar-refractivity contribution >= 4 is 44.4 Å². The summed E-state index contributed by atoms with van der Waals surface area (Å²) in [4.78, 5) is 0. The topological polar surface area (TPSA) is 101 Å². The first-order valence-corrected chi connectivity index (χ1v) is 12.4. The lowest BCUT2D eigenvalue weighted by Crippen LogP contribution is -2.29. The first-order valence-electron chi connectivity index (χ1n) is 14.8. The second-order valence-electron chi connectivity index (χ2n) is 7.44. The van der Waals surface area contributed by atoms with Crippen molar-refractivity contribution in [3.8, 4) is 39.5 Å². The van der Waals surface area contributed by atoms with E-state index in [9.17, 15) is 10.2 Å². The maximum atomic E-state index is 9.38. The van der Waals surface area contributed by atoms with Crippen molar-refractivity contribution in [2.24, 2.45) is 0 Å². The summed E-state index contributed by atoms with van der Waals surface area (Å²) in [5.74, 6) is 0.244. The van der Waals surface area contributed by atoms with Crippen molar-refractivity contribution in [2.45, 2.75) is 0 Å². The van der Waals surface area contributed by atoms with Crippen LogP contribution in [0, 0.1) is 0 Å². The van der Waals surface area contributed by atoms with Gasteiger partial charge in [0.2, 0.25) is 0 Å². The van der Waals surface area contributed by atoms with Crippen LogP contribution >= 0.6 is 31.9 Å². The van der Waals surface area contributed by atoms with Gasteiger partial charge in [0.25, 0.3) is 0 Å². The highest BCUT2D eigenvalue weighted by Gasteiger charge is 2.08. The third kappa shape index (κ3) is 9.39. The van der Waals surface area contributed by atoms with E-state index in [1.54, 1.807) is 24.3 Å². The van der Waals surface area contributed by atoms with E-state index in [1.165, 1.54) is 48.5 Å². The lowest BCUT2D eigenvalue weighted by Gasteiger charge is -2.05. The predicted molar refractivity (Wildman–Crippen MR) is 160 cm³/mol. The molecule has 0 amide bonds. The van der Waals surface area contributed by atoms with Crippen LogP contribution in [0.3, 0.4) is 0 Å². The Bertz CT molecular complexity index is 1630. The highest BCUT2D eigenvalue weighted by atomic mass is 79.9. The molecule has 5 aromatic carbocycles. The molecule has 5 rings (SSSR count). The van der Waals surface area contributed by atoms with Crippen LogP contribution in [0.5, 0.6) is 17.2 Å². The minimum Gasteiger partial charge on any atom is -0.508 e. The monoisotopic (exact) mass is 642 g/mol. The molecule has 0 spiro atoms. The molecular weight excluding hydrogens is 611 g/mol. The van der Waals surface area contributed by atoms with Gasteiger partial charge in [0.1, 0.15) is 17.2 Å². The minimum absolute atomic E-state index is 0.0646. The van der Waals surface area contributed by atoms with E-state index in [0.29, 0.717) is 16.6 Å². The molecule has 0 radical (unpaired) electrons. The third-order valence-electron chi connectivity index (χ3n) is 4.69. The fourth-order valence-corrected chi connectivity index (χ4v) is 3.18. The van der Waals surface area contributed by atoms with Crippen LogP contribution in [-0.2, 0) is 0 Å². The van der Waals surface area contributed by atoms with Gasteiger partial charge >= 0.3 is 7.12 Å². The smallest absolute Gasteiger partial charge is 0.488 e. The van der Waals surface area contributed by atoms with Crippen molar-refractivity contribution in [2.75, 3.05) is 0 Å². The van der Waals surface area contributed by atoms with E-state index in [4.69, 9.17) is 26.1 Å². The Balaban J connectivity index is 0.000000218. The highest BCUT2D eigenvalue weighted by Crippen LogP contribution is 2.27. The summed E-state index contributed by atoms with van der Waals surface area (Å²) in [6, 6.07) is 16.8. The predicted octanol–water partition coefficient (Wildman–Crippen LogP) is 6.72. The van der Waals surface area contributed by atoms with E-state index >= 15 is 0 Å². The van der Waals surface area contributed by atoms with Crippen LogP contribution in [0.1, 0.15) is 11.0 Å². The third-order valence-corrected chi connectivity index (χ3v) is 5.49. The molecule has 5 aromatic rings. The minimum atomic E-state index is -1.46. The zero-order chi connectivity index (χ0) is 34.5. The van der Waals surface area contributed by atoms with E-state index < -0.39 is 7.12 Å². The Morgan fingerprint density at radius 2 is 0.737 bits per heavy atom. The molecule has 0 saturated heterocycles. The van der Waals surface area contributed by atoms with Gasteiger partial charge in [-0.1, -0.05) is 92.4 Å². The number of hydrogen-bond acceptors (Lipinski definition) is 5. The zero-order valence-electron chi connectivity index (χ0n) is 27.5. The van der Waals surface area contributed by atoms with Gasteiger partial charge in [-0.2, -0.15) is 0 Å². The second kappa shape index (κ2) is 14.4. The maximum Gasteiger partial charge on any atom is 0.488 e. The average Bonchev–Trinajstić information content (AvgIpc) is 3.04. The number of aromatic hydroxyl groups is 3. The molecule has 5 N–H and O–H groups in total. The molecule has 0 unspecified atom stereocenters. The first-order chi connectivity index (χ1) is 21.6. The van der Waals surface area contributed by atoms with E-state index in [0.717, 1.165) is 0 Å². The molecule has 192 valence electrons. The Morgan fingerprint density at radius 3 is 1.03 bits per heavy atom. The first kappa shape index (κ1) is 19.5. The number of hydrogen-bond donors (Lipinski definition) is 5. The van der Waals surface area contributed by atoms with Gasteiger partial charge in [-0.25, -0.2) is 0 Å². The molecular formula is C30H25BBr2O5. The second-order valence-corrected chi connectivity index (χ2v) is 9.02. The number of halogens is 2. The largest absolute Gasteiger partial charge is 0.508 e. The van der Waals surface area contributed by atoms with Gasteiger partial charge in [0.15, 0.2) is 0 Å². The average molecular weight is 644 g/mol. The zero-order valence-corrected chi connectivity index (χ0v) is 22.7. The quantitative estimate of drug-likeness (QED) is 0.141. The Kier molecular flexibility index (Phi) is 7.39. The van der Waals surface area contributed by atoms with Crippen molar-refractivity contribution in [1.29, 1.82) is 0 Å². The number of rotatable bonds is 3. The summed E-state index contributed by atoms with van der Waals surface area (Å²) in [7, 11) is -1.46. The van der Waals surface area contributed by atoms with Crippen LogP contribution in [0.25, 0.3) is 22.3 Å². The van der Waals surface area contributed by atoms with E-state index in [-0.39, 0.29) is 85.7 Å².